The van der Waals surface area contributed by atoms with Gasteiger partial charge < -0.3 is 25.4 Å². The number of benzene rings is 3. The number of amides is 1. The summed E-state index contributed by atoms with van der Waals surface area (Å²) in [6.07, 6.45) is -0.454. The van der Waals surface area contributed by atoms with Gasteiger partial charge in [0.05, 0.1) is 4.44 Å². The van der Waals surface area contributed by atoms with Crippen LogP contribution in [0.3, 0.4) is 0 Å². The number of phenols is 2. The zero-order valence-electron chi connectivity index (χ0n) is 18.2. The quantitative estimate of drug-likeness (QED) is 0.210. The second kappa shape index (κ2) is 14.4. The van der Waals surface area contributed by atoms with Crippen LogP contribution in [0.5, 0.6) is 17.2 Å². The van der Waals surface area contributed by atoms with E-state index in [1.165, 1.54) is 24.5 Å². The smallest absolute Gasteiger partial charge is 0.412 e. The summed E-state index contributed by atoms with van der Waals surface area (Å²) in [6.45, 7) is 0.875. The van der Waals surface area contributed by atoms with Crippen molar-refractivity contribution in [3.63, 3.8) is 0 Å². The van der Waals surface area contributed by atoms with Gasteiger partial charge in [0.1, 0.15) is 22.8 Å². The summed E-state index contributed by atoms with van der Waals surface area (Å²) < 4.78 is 3.62. The van der Waals surface area contributed by atoms with Gasteiger partial charge in [0.25, 0.3) is 0 Å². The van der Waals surface area contributed by atoms with E-state index in [1.807, 2.05) is 34.1 Å². The number of ether oxygens (including phenoxy) is 1. The average Bonchev–Trinajstić information content (AvgIpc) is 2.84. The van der Waals surface area contributed by atoms with E-state index in [4.69, 9.17) is 31.9 Å². The molecule has 0 spiro atoms. The van der Waals surface area contributed by atoms with Crippen molar-refractivity contribution < 1.29 is 29.6 Å². The maximum Gasteiger partial charge on any atom is 0.412 e. The summed E-state index contributed by atoms with van der Waals surface area (Å²) in [4.78, 5) is 21.2. The molecule has 4 N–H and O–H groups in total. The Kier molecular flexibility index (Phi) is 12.0. The van der Waals surface area contributed by atoms with Crippen LogP contribution in [0.15, 0.2) is 72.8 Å². The zero-order chi connectivity index (χ0) is 25.8. The minimum absolute atomic E-state index is 0.0671. The fourth-order valence-electron chi connectivity index (χ4n) is 2.27. The van der Waals surface area contributed by atoms with E-state index in [9.17, 15) is 9.59 Å². The van der Waals surface area contributed by atoms with Crippen molar-refractivity contribution in [2.24, 2.45) is 0 Å². The molecular weight excluding hydrogens is 564 g/mol. The summed E-state index contributed by atoms with van der Waals surface area (Å²) in [7, 11) is 1.53. The van der Waals surface area contributed by atoms with Crippen molar-refractivity contribution in [2.75, 3.05) is 7.05 Å². The van der Waals surface area contributed by atoms with Crippen LogP contribution in [-0.2, 0) is 11.8 Å². The minimum Gasteiger partial charge on any atom is -0.508 e. The molecule has 1 saturated heterocycles. The third-order valence-corrected chi connectivity index (χ3v) is 27.4. The fraction of sp³-hybridized carbons (Fsp3) is 0.0455. The number of thiocarbonyl (C=S) groups is 1. The largest absolute Gasteiger partial charge is 0.508 e. The first-order valence-electron chi connectivity index (χ1n) is 9.66. The molecule has 1 amide bonds. The second-order valence-electron chi connectivity index (χ2n) is 6.43. The van der Waals surface area contributed by atoms with Gasteiger partial charge in [0.15, 0.2) is 0 Å². The van der Waals surface area contributed by atoms with Gasteiger partial charge in [-0.25, -0.2) is 9.59 Å². The Bertz CT molecular complexity index is 1200. The number of rotatable bonds is 4. The number of hydrogen-bond acceptors (Lipinski definition) is 9. The van der Waals surface area contributed by atoms with E-state index < -0.39 is 16.5 Å². The molecule has 0 bridgehead atoms. The third kappa shape index (κ3) is 9.44. The molecule has 3 aromatic carbocycles. The van der Waals surface area contributed by atoms with Gasteiger partial charge in [0.2, 0.25) is 0 Å². The Morgan fingerprint density at radius 2 is 1.60 bits per heavy atom. The first kappa shape index (κ1) is 29.1. The van der Waals surface area contributed by atoms with Crippen LogP contribution in [-0.4, -0.2) is 39.8 Å². The number of carboxylic acids is 1. The van der Waals surface area contributed by atoms with Gasteiger partial charge in [-0.15, -0.1) is 0 Å². The molecule has 3 aromatic rings. The summed E-state index contributed by atoms with van der Waals surface area (Å²) >= 11 is 14.0. The summed E-state index contributed by atoms with van der Waals surface area (Å²) in [5, 5.41) is 31.3. The Hall–Kier alpha value is -2.13. The lowest BCUT2D eigenvalue weighted by Gasteiger charge is -2.28. The van der Waals surface area contributed by atoms with E-state index in [2.05, 4.69) is 17.5 Å². The molecule has 13 heteroatoms. The molecule has 7 nitrogen and oxygen atoms in total. The van der Waals surface area contributed by atoms with Crippen LogP contribution in [0, 0.1) is 0 Å². The van der Waals surface area contributed by atoms with Gasteiger partial charge in [-0.1, -0.05) is 70.3 Å². The van der Waals surface area contributed by atoms with E-state index in [1.54, 1.807) is 53.9 Å². The SMILES string of the molecule is CNC(=O)Oc1ccc(P2(=S)SPS2)cc1.O=C(O)c1ccccc1O.Oc1ccc(C=S)cc1. The van der Waals surface area contributed by atoms with Crippen molar-refractivity contribution in [1.29, 1.82) is 0 Å². The Balaban J connectivity index is 0.000000197. The highest BCUT2D eigenvalue weighted by atomic mass is 33.7. The number of carbonyl (C=O) groups excluding carboxylic acids is 1. The number of carboxylic acid groups (broad SMARTS) is 1. The van der Waals surface area contributed by atoms with E-state index >= 15 is 0 Å². The first-order valence-corrected chi connectivity index (χ1v) is 18.2. The molecule has 0 atom stereocenters. The van der Waals surface area contributed by atoms with Crippen LogP contribution in [0.4, 0.5) is 4.79 Å². The van der Waals surface area contributed by atoms with Gasteiger partial charge >= 0.3 is 12.1 Å². The van der Waals surface area contributed by atoms with Gasteiger partial charge in [0, 0.05) is 24.7 Å². The van der Waals surface area contributed by atoms with Crippen molar-refractivity contribution in [2.45, 2.75) is 0 Å². The number of nitrogens with one attached hydrogen (secondary N) is 1. The van der Waals surface area contributed by atoms with E-state index in [0.29, 0.717) is 5.75 Å². The van der Waals surface area contributed by atoms with Gasteiger partial charge in [-0.2, -0.15) is 0 Å². The van der Waals surface area contributed by atoms with E-state index in [0.717, 1.165) is 12.5 Å². The van der Waals surface area contributed by atoms with Crippen LogP contribution in [0.25, 0.3) is 0 Å². The van der Waals surface area contributed by atoms with Crippen LogP contribution < -0.4 is 15.4 Å². The molecule has 1 aliphatic heterocycles. The molecule has 1 heterocycles. The normalized spacial score (nSPS) is 16.3. The minimum atomic E-state index is -1.38. The average molecular weight is 586 g/mol. The van der Waals surface area contributed by atoms with Gasteiger partial charge in [-0.3, -0.25) is 0 Å². The number of para-hydroxylation sites is 1. The first-order chi connectivity index (χ1) is 16.7. The monoisotopic (exact) mass is 585 g/mol. The van der Waals surface area contributed by atoms with Crippen molar-refractivity contribution in [3.05, 3.63) is 83.9 Å². The lowest BCUT2D eigenvalue weighted by atomic mass is 10.2. The number of aromatic carboxylic acids is 1. The Morgan fingerprint density at radius 1 is 1.00 bits per heavy atom. The highest BCUT2D eigenvalue weighted by molar-refractivity contribution is 9.39. The standard InChI is InChI=1S/C8H9NO2P2S3.C7H6O3.C7H6OS/c1-9-8(10)11-6-2-4-7(5-3-6)13(14)15-12-16-13;8-6-4-2-1-3-5(6)7(9)10;8-7-3-1-6(5-9)2-4-7/h2-5,12H,1H3,(H,9,10);1-4,8H,(H,9,10);1-5,8H. The Morgan fingerprint density at radius 3 is 2.03 bits per heavy atom. The van der Waals surface area contributed by atoms with Crippen LogP contribution in [0.2, 0.25) is 0 Å². The fourth-order valence-corrected chi connectivity index (χ4v) is 20.1. The van der Waals surface area contributed by atoms with Crippen LogP contribution in [0.1, 0.15) is 15.9 Å². The molecule has 4 rings (SSSR count). The Labute approximate surface area is 222 Å². The second-order valence-corrected chi connectivity index (χ2v) is 22.1. The maximum absolute atomic E-state index is 11.0. The topological polar surface area (TPSA) is 116 Å². The molecular formula is C22H21NO6P2S4. The predicted molar refractivity (Wildman–Crippen MR) is 155 cm³/mol. The molecule has 1 aliphatic rings. The molecule has 35 heavy (non-hydrogen) atoms. The molecule has 0 aliphatic carbocycles. The van der Waals surface area contributed by atoms with Crippen molar-refractivity contribution in [1.82, 2.24) is 5.32 Å². The highest BCUT2D eigenvalue weighted by Gasteiger charge is 2.29. The van der Waals surface area contributed by atoms with Crippen LogP contribution >= 0.6 is 45.6 Å². The number of phenolic OH excluding ortho intramolecular Hbond substituents is 1. The summed E-state index contributed by atoms with van der Waals surface area (Å²) in [5.74, 6) is -0.494. The molecule has 0 aromatic heterocycles. The molecule has 0 saturated carbocycles. The molecule has 0 unspecified atom stereocenters. The lowest BCUT2D eigenvalue weighted by Crippen LogP contribution is -2.22. The van der Waals surface area contributed by atoms with E-state index in [-0.39, 0.29) is 17.1 Å². The van der Waals surface area contributed by atoms with Gasteiger partial charge in [-0.05, 0) is 54.1 Å². The number of aromatic hydroxyl groups is 2. The predicted octanol–water partition coefficient (Wildman–Crippen LogP) is 6.16. The zero-order valence-corrected chi connectivity index (χ0v) is 23.3. The number of carbonyl (C=O) groups is 2. The van der Waals surface area contributed by atoms with Crippen molar-refractivity contribution >= 4 is 80.2 Å². The lowest BCUT2D eigenvalue weighted by molar-refractivity contribution is 0.0693. The summed E-state index contributed by atoms with van der Waals surface area (Å²) in [5.41, 5.74) is 0.880. The highest BCUT2D eigenvalue weighted by Crippen LogP contribution is 2.92. The molecule has 0 radical (unpaired) electrons. The molecule has 1 fully saturated rings. The third-order valence-electron chi connectivity index (χ3n) is 4.05. The van der Waals surface area contributed by atoms with Crippen molar-refractivity contribution in [3.8, 4) is 17.2 Å². The number of hydrogen-bond donors (Lipinski definition) is 4. The summed E-state index contributed by atoms with van der Waals surface area (Å²) in [6, 6.07) is 20.1. The molecule has 184 valence electrons. The maximum atomic E-state index is 11.0.